The Bertz CT molecular complexity index is 479. The summed E-state index contributed by atoms with van der Waals surface area (Å²) in [6.07, 6.45) is 3.36. The number of halogens is 1. The lowest BCUT2D eigenvalue weighted by molar-refractivity contribution is 0.561. The minimum absolute atomic E-state index is 0.306. The van der Waals surface area contributed by atoms with Gasteiger partial charge in [-0.25, -0.2) is 0 Å². The number of rotatable bonds is 2. The zero-order chi connectivity index (χ0) is 10.7. The number of hydrogen-bond donors (Lipinski definition) is 0. The van der Waals surface area contributed by atoms with Crippen molar-refractivity contribution in [2.75, 3.05) is 0 Å². The quantitative estimate of drug-likeness (QED) is 0.773. The zero-order valence-electron chi connectivity index (χ0n) is 7.77. The largest absolute Gasteiger partial charge is 0.283 e. The Morgan fingerprint density at radius 1 is 1.13 bits per heavy atom. The number of hydrogen-bond acceptors (Lipinski definition) is 2. The van der Waals surface area contributed by atoms with Crippen LogP contribution < -0.4 is 0 Å². The maximum atomic E-state index is 10.3. The van der Waals surface area contributed by atoms with E-state index in [9.17, 15) is 4.79 Å². The van der Waals surface area contributed by atoms with Gasteiger partial charge in [0.1, 0.15) is 5.69 Å². The molecule has 2 nitrogen and oxygen atoms in total. The van der Waals surface area contributed by atoms with Crippen molar-refractivity contribution in [2.24, 2.45) is 0 Å². The molecule has 0 bridgehead atoms. The van der Waals surface area contributed by atoms with E-state index in [1.54, 1.807) is 18.5 Å². The third kappa shape index (κ3) is 2.22. The van der Waals surface area contributed by atoms with Gasteiger partial charge in [-0.1, -0.05) is 29.8 Å². The fourth-order valence-electron chi connectivity index (χ4n) is 1.29. The van der Waals surface area contributed by atoms with Gasteiger partial charge in [0.25, 0.3) is 6.29 Å². The van der Waals surface area contributed by atoms with E-state index < -0.39 is 0 Å². The standard InChI is InChI=1S/C12H7ClNO/c13-11-3-1-2-9(6-11)10-4-5-12(8-15)14-7-10/h1-7H. The van der Waals surface area contributed by atoms with Crippen molar-refractivity contribution in [1.82, 2.24) is 4.98 Å². The van der Waals surface area contributed by atoms with Gasteiger partial charge < -0.3 is 0 Å². The van der Waals surface area contributed by atoms with Crippen molar-refractivity contribution in [3.63, 3.8) is 0 Å². The van der Waals surface area contributed by atoms with Crippen LogP contribution in [0.3, 0.4) is 0 Å². The van der Waals surface area contributed by atoms with Gasteiger partial charge in [0.05, 0.1) is 0 Å². The molecule has 15 heavy (non-hydrogen) atoms. The van der Waals surface area contributed by atoms with Gasteiger partial charge in [0, 0.05) is 16.8 Å². The Morgan fingerprint density at radius 3 is 2.60 bits per heavy atom. The number of carbonyl (C=O) groups excluding carboxylic acids is 1. The SMILES string of the molecule is O=[C]c1ccc(-c2cccc(Cl)c2)cn1. The Balaban J connectivity index is 2.41. The third-order valence-electron chi connectivity index (χ3n) is 2.03. The molecule has 73 valence electrons. The van der Waals surface area contributed by atoms with E-state index >= 15 is 0 Å². The first kappa shape index (κ1) is 9.87. The maximum Gasteiger partial charge on any atom is 0.253 e. The Kier molecular flexibility index (Phi) is 2.79. The zero-order valence-corrected chi connectivity index (χ0v) is 8.53. The van der Waals surface area contributed by atoms with E-state index in [0.717, 1.165) is 11.1 Å². The first-order chi connectivity index (χ1) is 7.29. The molecule has 2 rings (SSSR count). The van der Waals surface area contributed by atoms with Gasteiger partial charge in [-0.15, -0.1) is 0 Å². The molecule has 0 atom stereocenters. The monoisotopic (exact) mass is 216 g/mol. The van der Waals surface area contributed by atoms with E-state index in [1.165, 1.54) is 0 Å². The summed E-state index contributed by atoms with van der Waals surface area (Å²) in [5, 5.41) is 0.679. The van der Waals surface area contributed by atoms with Crippen LogP contribution in [-0.2, 0) is 4.79 Å². The van der Waals surface area contributed by atoms with Crippen molar-refractivity contribution in [1.29, 1.82) is 0 Å². The van der Waals surface area contributed by atoms with Gasteiger partial charge in [-0.2, -0.15) is 0 Å². The fraction of sp³-hybridized carbons (Fsp3) is 0. The normalized spacial score (nSPS) is 9.93. The Morgan fingerprint density at radius 2 is 2.00 bits per heavy atom. The smallest absolute Gasteiger partial charge is 0.253 e. The summed E-state index contributed by atoms with van der Waals surface area (Å²) >= 11 is 5.87. The molecule has 1 aromatic carbocycles. The van der Waals surface area contributed by atoms with Crippen LogP contribution >= 0.6 is 11.6 Å². The Labute approximate surface area is 92.5 Å². The van der Waals surface area contributed by atoms with Crippen molar-refractivity contribution in [3.8, 4) is 11.1 Å². The molecule has 0 aliphatic carbocycles. The third-order valence-corrected chi connectivity index (χ3v) is 2.26. The topological polar surface area (TPSA) is 30.0 Å². The summed E-state index contributed by atoms with van der Waals surface area (Å²) in [6, 6.07) is 10.9. The molecule has 0 spiro atoms. The highest BCUT2D eigenvalue weighted by atomic mass is 35.5. The molecular weight excluding hydrogens is 210 g/mol. The van der Waals surface area contributed by atoms with Crippen LogP contribution in [0, 0.1) is 0 Å². The predicted molar refractivity (Wildman–Crippen MR) is 59.5 cm³/mol. The highest BCUT2D eigenvalue weighted by Gasteiger charge is 1.99. The van der Waals surface area contributed by atoms with Crippen LogP contribution in [0.15, 0.2) is 42.6 Å². The molecule has 0 aliphatic heterocycles. The van der Waals surface area contributed by atoms with E-state index in [1.807, 2.05) is 30.3 Å². The maximum absolute atomic E-state index is 10.3. The second-order valence-electron chi connectivity index (χ2n) is 3.04. The van der Waals surface area contributed by atoms with Crippen molar-refractivity contribution >= 4 is 17.9 Å². The average molecular weight is 217 g/mol. The van der Waals surface area contributed by atoms with Crippen LogP contribution in [0.1, 0.15) is 5.69 Å². The van der Waals surface area contributed by atoms with E-state index in [4.69, 9.17) is 11.6 Å². The lowest BCUT2D eigenvalue weighted by Crippen LogP contribution is -1.86. The molecule has 0 unspecified atom stereocenters. The summed E-state index contributed by atoms with van der Waals surface area (Å²) < 4.78 is 0. The van der Waals surface area contributed by atoms with E-state index in [-0.39, 0.29) is 0 Å². The molecule has 0 fully saturated rings. The minimum atomic E-state index is 0.306. The second-order valence-corrected chi connectivity index (χ2v) is 3.48. The molecule has 3 heteroatoms. The minimum Gasteiger partial charge on any atom is -0.283 e. The molecule has 1 radical (unpaired) electrons. The average Bonchev–Trinajstić information content (AvgIpc) is 2.29. The van der Waals surface area contributed by atoms with E-state index in [0.29, 0.717) is 10.7 Å². The van der Waals surface area contributed by atoms with Crippen LogP contribution in [0.5, 0.6) is 0 Å². The van der Waals surface area contributed by atoms with Crippen LogP contribution in [0.4, 0.5) is 0 Å². The van der Waals surface area contributed by atoms with E-state index in [2.05, 4.69) is 4.98 Å². The highest BCUT2D eigenvalue weighted by molar-refractivity contribution is 6.30. The highest BCUT2D eigenvalue weighted by Crippen LogP contribution is 2.21. The van der Waals surface area contributed by atoms with Crippen LogP contribution in [0.2, 0.25) is 5.02 Å². The van der Waals surface area contributed by atoms with Gasteiger partial charge >= 0.3 is 0 Å². The van der Waals surface area contributed by atoms with Gasteiger partial charge in [-0.05, 0) is 23.8 Å². The summed E-state index contributed by atoms with van der Waals surface area (Å²) in [5.74, 6) is 0. The van der Waals surface area contributed by atoms with Gasteiger partial charge in [0.2, 0.25) is 0 Å². The van der Waals surface area contributed by atoms with Gasteiger partial charge in [0.15, 0.2) is 0 Å². The summed E-state index contributed by atoms with van der Waals surface area (Å²) in [4.78, 5) is 14.2. The molecule has 0 N–H and O–H groups in total. The lowest BCUT2D eigenvalue weighted by Gasteiger charge is -2.01. The van der Waals surface area contributed by atoms with Gasteiger partial charge in [-0.3, -0.25) is 9.78 Å². The van der Waals surface area contributed by atoms with Crippen LogP contribution in [-0.4, -0.2) is 11.3 Å². The lowest BCUT2D eigenvalue weighted by atomic mass is 10.1. The summed E-state index contributed by atoms with van der Waals surface area (Å²) in [7, 11) is 0. The number of pyridine rings is 1. The molecule has 0 aliphatic rings. The number of nitrogens with zero attached hydrogens (tertiary/aromatic N) is 1. The summed E-state index contributed by atoms with van der Waals surface area (Å²) in [6.45, 7) is 0. The molecular formula is C12H7ClNO. The molecule has 2 aromatic rings. The van der Waals surface area contributed by atoms with Crippen molar-refractivity contribution < 1.29 is 4.79 Å². The molecule has 0 amide bonds. The molecule has 0 saturated heterocycles. The number of aromatic nitrogens is 1. The molecule has 1 heterocycles. The van der Waals surface area contributed by atoms with Crippen molar-refractivity contribution in [3.05, 3.63) is 53.3 Å². The molecule has 0 saturated carbocycles. The first-order valence-electron chi connectivity index (χ1n) is 4.40. The second kappa shape index (κ2) is 4.24. The Hall–Kier alpha value is -1.67. The fourth-order valence-corrected chi connectivity index (χ4v) is 1.48. The predicted octanol–water partition coefficient (Wildman–Crippen LogP) is 2.86. The van der Waals surface area contributed by atoms with Crippen molar-refractivity contribution in [2.45, 2.75) is 0 Å². The molecule has 1 aromatic heterocycles. The number of benzene rings is 1. The summed E-state index contributed by atoms with van der Waals surface area (Å²) in [5.41, 5.74) is 2.21. The first-order valence-corrected chi connectivity index (χ1v) is 4.77. The van der Waals surface area contributed by atoms with Crippen LogP contribution in [0.25, 0.3) is 11.1 Å².